The van der Waals surface area contributed by atoms with Crippen molar-refractivity contribution < 1.29 is 21.8 Å². The number of likely N-dealkylation sites (N-methyl/N-ethyl adjacent to an activating group) is 1. The molecule has 0 N–H and O–H groups in total. The van der Waals surface area contributed by atoms with Crippen molar-refractivity contribution in [2.75, 3.05) is 27.2 Å². The Labute approximate surface area is 209 Å². The third-order valence-corrected chi connectivity index (χ3v) is 5.23. The number of ether oxygens (including phenoxy) is 1. The van der Waals surface area contributed by atoms with Crippen LogP contribution >= 0.6 is 0 Å². The summed E-state index contributed by atoms with van der Waals surface area (Å²) in [6.07, 6.45) is 0.968. The molecule has 0 radical (unpaired) electrons. The average Bonchev–Trinajstić information content (AvgIpc) is 3.55. The smallest absolute Gasteiger partial charge is 0.119 e. The van der Waals surface area contributed by atoms with Crippen molar-refractivity contribution in [3.63, 3.8) is 0 Å². The summed E-state index contributed by atoms with van der Waals surface area (Å²) < 4.78 is 5.84. The van der Waals surface area contributed by atoms with E-state index in [0.717, 1.165) is 18.7 Å². The van der Waals surface area contributed by atoms with Crippen LogP contribution in [0.15, 0.2) is 109 Å². The van der Waals surface area contributed by atoms with E-state index in [-0.39, 0.29) is 17.1 Å². The van der Waals surface area contributed by atoms with Gasteiger partial charge in [0, 0.05) is 23.6 Å². The minimum atomic E-state index is 0. The van der Waals surface area contributed by atoms with Gasteiger partial charge in [-0.25, -0.2) is 0 Å². The summed E-state index contributed by atoms with van der Waals surface area (Å²) in [7, 11) is 4.11. The first kappa shape index (κ1) is 26.4. The molecule has 4 aromatic rings. The van der Waals surface area contributed by atoms with Gasteiger partial charge in [-0.3, -0.25) is 0 Å². The third kappa shape index (κ3) is 8.22. The van der Waals surface area contributed by atoms with Crippen LogP contribution < -0.4 is 4.74 Å². The minimum Gasteiger partial charge on any atom is -0.748 e. The van der Waals surface area contributed by atoms with E-state index in [2.05, 4.69) is 105 Å². The molecule has 2 nitrogen and oxygen atoms in total. The molecule has 0 aliphatic rings. The number of allylic oxidation sites excluding steroid dienone is 1. The third-order valence-electron chi connectivity index (χ3n) is 5.23. The molecule has 0 aromatic heterocycles. The Kier molecular flexibility index (Phi) is 11.5. The molecule has 0 heterocycles. The quantitative estimate of drug-likeness (QED) is 0.152. The molecule has 4 rings (SSSR count). The van der Waals surface area contributed by atoms with Gasteiger partial charge in [0.2, 0.25) is 0 Å². The second-order valence-corrected chi connectivity index (χ2v) is 7.89. The van der Waals surface area contributed by atoms with Gasteiger partial charge < -0.3 is 40.0 Å². The van der Waals surface area contributed by atoms with Gasteiger partial charge >= 0.3 is 0 Å². The molecule has 0 aliphatic heterocycles. The topological polar surface area (TPSA) is 12.5 Å². The number of rotatable bonds is 8. The van der Waals surface area contributed by atoms with E-state index in [0.29, 0.717) is 6.61 Å². The molecule has 0 atom stereocenters. The van der Waals surface area contributed by atoms with Crippen LogP contribution in [0.1, 0.15) is 30.0 Å². The summed E-state index contributed by atoms with van der Waals surface area (Å²) in [5.41, 5.74) is 6.44. The van der Waals surface area contributed by atoms with Gasteiger partial charge in [-0.15, -0.1) is 17.7 Å². The van der Waals surface area contributed by atoms with E-state index < -0.39 is 0 Å². The molecule has 0 aliphatic carbocycles. The van der Waals surface area contributed by atoms with E-state index in [1.165, 1.54) is 27.8 Å². The second-order valence-electron chi connectivity index (χ2n) is 7.89. The first-order chi connectivity index (χ1) is 15.7. The number of hydrogen-bond donors (Lipinski definition) is 0. The van der Waals surface area contributed by atoms with Gasteiger partial charge in [0.25, 0.3) is 0 Å². The zero-order valence-electron chi connectivity index (χ0n) is 19.7. The molecule has 0 spiro atoms. The summed E-state index contributed by atoms with van der Waals surface area (Å²) in [6.45, 7) is 3.84. The van der Waals surface area contributed by atoms with E-state index in [1.807, 2.05) is 30.3 Å². The maximum Gasteiger partial charge on any atom is 0.119 e. The zero-order chi connectivity index (χ0) is 22.6. The predicted octanol–water partition coefficient (Wildman–Crippen LogP) is 7.12. The molecule has 178 valence electrons. The Bertz CT molecular complexity index is 1010. The maximum atomic E-state index is 5.84. The molecule has 0 unspecified atom stereocenters. The van der Waals surface area contributed by atoms with E-state index >= 15 is 0 Å². The van der Waals surface area contributed by atoms with Crippen LogP contribution in [-0.4, -0.2) is 32.1 Å². The van der Waals surface area contributed by atoms with Gasteiger partial charge in [0.1, 0.15) is 12.4 Å². The van der Waals surface area contributed by atoms with Crippen LogP contribution in [0.3, 0.4) is 0 Å². The van der Waals surface area contributed by atoms with E-state index in [4.69, 9.17) is 4.74 Å². The molecule has 0 saturated carbocycles. The van der Waals surface area contributed by atoms with Gasteiger partial charge in [-0.1, -0.05) is 78.1 Å². The van der Waals surface area contributed by atoms with Gasteiger partial charge in [0.15, 0.2) is 0 Å². The van der Waals surface area contributed by atoms with Crippen molar-refractivity contribution in [1.29, 1.82) is 0 Å². The molecule has 33 heavy (non-hydrogen) atoms. The summed E-state index contributed by atoms with van der Waals surface area (Å²) in [5, 5.41) is 0. The van der Waals surface area contributed by atoms with Crippen LogP contribution in [-0.2, 0) is 17.1 Å². The van der Waals surface area contributed by atoms with Gasteiger partial charge in [0.05, 0.1) is 0 Å². The molecule has 0 saturated heterocycles. The largest absolute Gasteiger partial charge is 0.748 e. The molecular weight excluding hydrogens is 446 g/mol. The molecule has 0 fully saturated rings. The van der Waals surface area contributed by atoms with Crippen molar-refractivity contribution in [1.82, 2.24) is 4.90 Å². The molecule has 4 aromatic carbocycles. The monoisotopic (exact) mass is 479 g/mol. The molecule has 0 amide bonds. The number of benzene rings is 2. The Hall–Kier alpha value is -2.84. The van der Waals surface area contributed by atoms with Crippen molar-refractivity contribution >= 4 is 11.1 Å². The Balaban J connectivity index is 0.000000568. The fourth-order valence-corrected chi connectivity index (χ4v) is 3.61. The second kappa shape index (κ2) is 14.3. The van der Waals surface area contributed by atoms with Crippen LogP contribution in [0.2, 0.25) is 0 Å². The minimum absolute atomic E-state index is 0. The van der Waals surface area contributed by atoms with E-state index in [9.17, 15) is 0 Å². The first-order valence-electron chi connectivity index (χ1n) is 11.2. The summed E-state index contributed by atoms with van der Waals surface area (Å²) in [4.78, 5) is 2.12. The van der Waals surface area contributed by atoms with Crippen molar-refractivity contribution in [3.05, 3.63) is 126 Å². The number of nitrogens with zero attached hydrogens (tertiary/aromatic N) is 1. The molecular formula is C30H33FeNO-6. The fraction of sp³-hybridized carbons (Fsp3) is 0.200. The Morgan fingerprint density at radius 2 is 1.36 bits per heavy atom. The average molecular weight is 479 g/mol. The Morgan fingerprint density at radius 3 is 1.88 bits per heavy atom. The van der Waals surface area contributed by atoms with Crippen LogP contribution in [0, 0.1) is 0 Å². The van der Waals surface area contributed by atoms with Crippen molar-refractivity contribution in [2.45, 2.75) is 13.3 Å². The van der Waals surface area contributed by atoms with Crippen LogP contribution in [0.4, 0.5) is 0 Å². The number of hydrogen-bond acceptors (Lipinski definition) is 2. The molecule has 0 bridgehead atoms. The van der Waals surface area contributed by atoms with Gasteiger partial charge in [-0.2, -0.15) is 12.1 Å². The molecule has 3 heteroatoms. The van der Waals surface area contributed by atoms with Crippen LogP contribution in [0.5, 0.6) is 5.75 Å². The predicted molar refractivity (Wildman–Crippen MR) is 137 cm³/mol. The summed E-state index contributed by atoms with van der Waals surface area (Å²) >= 11 is 0. The standard InChI is InChI=1S/C25H28NO.C5H5.Fe/c1-4-24(20-14-16-23(17-15-20)27-19-18-26(2)3)25(22-12-8-9-13-22)21-10-6-5-7-11-21;1-2-4-5-3-1;/h5-17H,4,18-19H2,1-3H3;1-5H;/q-1;-5;. The summed E-state index contributed by atoms with van der Waals surface area (Å²) in [6, 6.07) is 37.8. The first-order valence-corrected chi connectivity index (χ1v) is 11.2. The SMILES string of the molecule is CCC(=C(c1ccccc1)[c-]1cccc1)c1ccc(OCCN(C)C)cc1.[Fe].[cH-]1[cH-][cH-][cH-][cH-]1. The summed E-state index contributed by atoms with van der Waals surface area (Å²) in [5.74, 6) is 0.922. The van der Waals surface area contributed by atoms with Crippen molar-refractivity contribution in [3.8, 4) is 5.75 Å². The zero-order valence-corrected chi connectivity index (χ0v) is 20.8. The van der Waals surface area contributed by atoms with Crippen LogP contribution in [0.25, 0.3) is 11.1 Å². The van der Waals surface area contributed by atoms with E-state index in [1.54, 1.807) is 0 Å². The fourth-order valence-electron chi connectivity index (χ4n) is 3.61. The van der Waals surface area contributed by atoms with Gasteiger partial charge in [-0.05, 0) is 26.2 Å². The van der Waals surface area contributed by atoms with Crippen molar-refractivity contribution in [2.24, 2.45) is 0 Å². The normalized spacial score (nSPS) is 11.2. The Morgan fingerprint density at radius 1 is 0.788 bits per heavy atom. The maximum absolute atomic E-state index is 5.84.